The normalized spacial score (nSPS) is 12.0. The van der Waals surface area contributed by atoms with E-state index in [-0.39, 0.29) is 25.3 Å². The van der Waals surface area contributed by atoms with Gasteiger partial charge in [-0.25, -0.2) is 8.78 Å². The third-order valence-corrected chi connectivity index (χ3v) is 6.72. The van der Waals surface area contributed by atoms with Gasteiger partial charge in [0, 0.05) is 36.0 Å². The van der Waals surface area contributed by atoms with Crippen LogP contribution in [0.1, 0.15) is 34.0 Å². The number of aromatic nitrogens is 2. The van der Waals surface area contributed by atoms with Gasteiger partial charge in [-0.2, -0.15) is 4.79 Å². The number of hydrogen-bond acceptors (Lipinski definition) is 3. The summed E-state index contributed by atoms with van der Waals surface area (Å²) in [5.41, 5.74) is 11.0. The Labute approximate surface area is 224 Å². The Morgan fingerprint density at radius 2 is 1.74 bits per heavy atom. The number of aryl methyl sites for hydroxylation is 1. The van der Waals surface area contributed by atoms with E-state index in [1.54, 1.807) is 30.5 Å². The van der Waals surface area contributed by atoms with Crippen molar-refractivity contribution in [3.63, 3.8) is 0 Å². The molecule has 5 nitrogen and oxygen atoms in total. The first-order valence-corrected chi connectivity index (χ1v) is 12.6. The molecule has 3 aromatic carbocycles. The topological polar surface area (TPSA) is 72.9 Å². The number of rotatable bonds is 8. The Morgan fingerprint density at radius 1 is 1.00 bits per heavy atom. The molecule has 0 saturated carbocycles. The zero-order valence-corrected chi connectivity index (χ0v) is 21.3. The number of carbonyl (C=O) groups is 1. The molecule has 2 heterocycles. The molecule has 5 rings (SSSR count). The van der Waals surface area contributed by atoms with Crippen LogP contribution in [-0.4, -0.2) is 15.7 Å². The summed E-state index contributed by atoms with van der Waals surface area (Å²) in [6.45, 7) is 2.26. The van der Waals surface area contributed by atoms with Gasteiger partial charge in [0.25, 0.3) is 0 Å². The first-order chi connectivity index (χ1) is 18.8. The number of carbonyl (C=O) groups excluding carboxylic acids is 1. The fourth-order valence-corrected chi connectivity index (χ4v) is 4.84. The lowest BCUT2D eigenvalue weighted by molar-refractivity contribution is -0.121. The molecule has 198 valence electrons. The quantitative estimate of drug-likeness (QED) is 0.255. The van der Waals surface area contributed by atoms with Crippen LogP contribution in [0.25, 0.3) is 22.0 Å². The third-order valence-electron chi connectivity index (χ3n) is 6.72. The molecule has 2 aromatic heterocycles. The van der Waals surface area contributed by atoms with E-state index in [9.17, 15) is 18.1 Å². The van der Waals surface area contributed by atoms with Gasteiger partial charge in [-0.05, 0) is 59.9 Å². The summed E-state index contributed by atoms with van der Waals surface area (Å²) < 4.78 is 42.7. The van der Waals surface area contributed by atoms with Crippen LogP contribution in [0, 0.1) is 18.6 Å². The Balaban J connectivity index is 1.49. The molecule has 0 aliphatic carbocycles. The average Bonchev–Trinajstić information content (AvgIpc) is 3.22. The van der Waals surface area contributed by atoms with Gasteiger partial charge in [0.15, 0.2) is 0 Å². The first kappa shape index (κ1) is 26.2. The molecule has 0 saturated heterocycles. The van der Waals surface area contributed by atoms with Crippen molar-refractivity contribution in [2.24, 2.45) is 5.73 Å². The van der Waals surface area contributed by atoms with E-state index in [0.717, 1.165) is 28.3 Å². The highest BCUT2D eigenvalue weighted by Gasteiger charge is 2.22. The number of nitrogens with zero attached hydrogens (tertiary/aromatic N) is 2. The fraction of sp³-hybridized carbons (Fsp3) is 0.161. The predicted molar refractivity (Wildman–Crippen MR) is 145 cm³/mol. The summed E-state index contributed by atoms with van der Waals surface area (Å²) in [5, 5.41) is 3.59. The van der Waals surface area contributed by atoms with Gasteiger partial charge in [0.05, 0.1) is 23.7 Å². The van der Waals surface area contributed by atoms with E-state index in [0.29, 0.717) is 32.5 Å². The summed E-state index contributed by atoms with van der Waals surface area (Å²) in [6.07, 6.45) is 2.89. The monoisotopic (exact) mass is 528 g/mol. The number of nitrogens with two attached hydrogens (primary N) is 1. The number of nitrogens with one attached hydrogen (secondary N) is 1. The second-order valence-electron chi connectivity index (χ2n) is 9.60. The minimum atomic E-state index is -0.709. The van der Waals surface area contributed by atoms with Gasteiger partial charge in [-0.1, -0.05) is 52.5 Å². The van der Waals surface area contributed by atoms with Crippen molar-refractivity contribution in [1.82, 2.24) is 15.1 Å². The molecule has 1 atom stereocenters. The molecule has 0 fully saturated rings. The van der Waals surface area contributed by atoms with Crippen molar-refractivity contribution in [2.75, 3.05) is 0 Å². The molecule has 3 N–H and O–H groups in total. The predicted octanol–water partition coefficient (Wildman–Crippen LogP) is 6.12. The SMILES string of the molecule is Cc1ccc(-c2cccnc2[C@H](Cc2cc(F)cc(F)c2)NC(=O)Cc2cn(F)c3cc(CN)ccc23)cc1. The Bertz CT molecular complexity index is 1630. The van der Waals surface area contributed by atoms with Crippen LogP contribution in [0.4, 0.5) is 13.3 Å². The number of pyridine rings is 1. The summed E-state index contributed by atoms with van der Waals surface area (Å²) in [7, 11) is 0. The van der Waals surface area contributed by atoms with Crippen LogP contribution < -0.4 is 11.1 Å². The summed E-state index contributed by atoms with van der Waals surface area (Å²) >= 11 is 0. The fourth-order valence-electron chi connectivity index (χ4n) is 4.84. The summed E-state index contributed by atoms with van der Waals surface area (Å²) in [5.74, 6) is -1.79. The van der Waals surface area contributed by atoms with Crippen LogP contribution >= 0.6 is 0 Å². The van der Waals surface area contributed by atoms with Gasteiger partial charge >= 0.3 is 0 Å². The molecular weight excluding hydrogens is 501 g/mol. The van der Waals surface area contributed by atoms with Gasteiger partial charge in [-0.3, -0.25) is 9.78 Å². The lowest BCUT2D eigenvalue weighted by Gasteiger charge is -2.22. The van der Waals surface area contributed by atoms with Crippen molar-refractivity contribution in [3.8, 4) is 11.1 Å². The van der Waals surface area contributed by atoms with Crippen LogP contribution in [0.2, 0.25) is 0 Å². The molecule has 0 spiro atoms. The van der Waals surface area contributed by atoms with Crippen molar-refractivity contribution in [1.29, 1.82) is 0 Å². The standard InChI is InChI=1S/C31H27F3N4O/c1-19-4-7-22(8-5-19)27-3-2-10-36-31(27)28(13-21-11-24(32)16-25(33)12-21)37-30(39)15-23-18-38(34)29-14-20(17-35)6-9-26(23)29/h2-12,14,16,18,28H,13,15,17,35H2,1H3,(H,37,39)/t28-/m0/s1. The number of fused-ring (bicyclic) bond motifs is 1. The number of hydrogen-bond donors (Lipinski definition) is 2. The highest BCUT2D eigenvalue weighted by atomic mass is 19.2. The largest absolute Gasteiger partial charge is 0.347 e. The van der Waals surface area contributed by atoms with Gasteiger partial charge in [-0.15, -0.1) is 0 Å². The van der Waals surface area contributed by atoms with Gasteiger partial charge in [0.2, 0.25) is 5.91 Å². The van der Waals surface area contributed by atoms with Crippen LogP contribution in [0.15, 0.2) is 85.2 Å². The molecule has 0 aliphatic heterocycles. The minimum Gasteiger partial charge on any atom is -0.347 e. The minimum absolute atomic E-state index is 0.0982. The molecule has 5 aromatic rings. The van der Waals surface area contributed by atoms with E-state index in [1.807, 2.05) is 37.3 Å². The van der Waals surface area contributed by atoms with E-state index >= 15 is 0 Å². The molecule has 0 unspecified atom stereocenters. The van der Waals surface area contributed by atoms with E-state index in [1.165, 1.54) is 18.3 Å². The van der Waals surface area contributed by atoms with E-state index in [4.69, 9.17) is 5.73 Å². The molecule has 0 radical (unpaired) electrons. The van der Waals surface area contributed by atoms with Crippen molar-refractivity contribution >= 4 is 16.8 Å². The smallest absolute Gasteiger partial charge is 0.225 e. The zero-order valence-electron chi connectivity index (χ0n) is 21.3. The second kappa shape index (κ2) is 11.1. The molecule has 0 bridgehead atoms. The number of amides is 1. The van der Waals surface area contributed by atoms with Crippen LogP contribution in [0.3, 0.4) is 0 Å². The second-order valence-corrected chi connectivity index (χ2v) is 9.60. The van der Waals surface area contributed by atoms with E-state index < -0.39 is 17.7 Å². The van der Waals surface area contributed by atoms with Crippen molar-refractivity contribution < 1.29 is 18.1 Å². The summed E-state index contributed by atoms with van der Waals surface area (Å²) in [4.78, 5) is 18.4. The average molecular weight is 529 g/mol. The van der Waals surface area contributed by atoms with Crippen LogP contribution in [0.5, 0.6) is 0 Å². The highest BCUT2D eigenvalue weighted by Crippen LogP contribution is 2.30. The van der Waals surface area contributed by atoms with Gasteiger partial charge in [0.1, 0.15) is 11.6 Å². The maximum absolute atomic E-state index is 14.6. The number of halogens is 3. The zero-order chi connectivity index (χ0) is 27.5. The summed E-state index contributed by atoms with van der Waals surface area (Å²) in [6, 6.07) is 19.3. The van der Waals surface area contributed by atoms with Crippen molar-refractivity contribution in [3.05, 3.63) is 125 Å². The molecule has 39 heavy (non-hydrogen) atoms. The lowest BCUT2D eigenvalue weighted by Crippen LogP contribution is -2.32. The molecule has 8 heteroatoms. The Kier molecular flexibility index (Phi) is 7.47. The lowest BCUT2D eigenvalue weighted by atomic mass is 9.94. The molecule has 1 amide bonds. The van der Waals surface area contributed by atoms with E-state index in [2.05, 4.69) is 10.3 Å². The molecule has 0 aliphatic rings. The van der Waals surface area contributed by atoms with Crippen molar-refractivity contribution in [2.45, 2.75) is 32.4 Å². The Morgan fingerprint density at radius 3 is 2.46 bits per heavy atom. The number of benzene rings is 3. The highest BCUT2D eigenvalue weighted by molar-refractivity contribution is 5.90. The maximum atomic E-state index is 14.6. The Hall–Kier alpha value is -4.43. The first-order valence-electron chi connectivity index (χ1n) is 12.6. The maximum Gasteiger partial charge on any atom is 0.225 e. The third kappa shape index (κ3) is 5.86. The van der Waals surface area contributed by atoms with Gasteiger partial charge < -0.3 is 11.1 Å². The van der Waals surface area contributed by atoms with Crippen LogP contribution in [-0.2, 0) is 24.2 Å². The molecular formula is C31H27F3N4O.